The second-order valence-electron chi connectivity index (χ2n) is 18.7. The van der Waals surface area contributed by atoms with Gasteiger partial charge in [-0.25, -0.2) is 34.9 Å². The molecule has 2 N–H and O–H groups in total. The Morgan fingerprint density at radius 1 is 0.569 bits per heavy atom. The van der Waals surface area contributed by atoms with Crippen LogP contribution in [0.15, 0.2) is 53.5 Å². The minimum Gasteiger partial charge on any atom is -0.337 e. The number of pyridine rings is 1. The molecule has 2 aliphatic heterocycles. The molecule has 65 heavy (non-hydrogen) atoms. The number of unbranched alkanes of at least 4 members (excludes halogenated alkanes) is 3. The maximum absolute atomic E-state index is 4.87. The fraction of sp³-hybridized carbons (Fsp3) is 0.600. The molecule has 11 rings (SSSR count). The quantitative estimate of drug-likeness (QED) is 0.0851. The van der Waals surface area contributed by atoms with Gasteiger partial charge in [-0.15, -0.1) is 0 Å². The number of aromatic amines is 2. The van der Waals surface area contributed by atoms with Crippen molar-refractivity contribution < 1.29 is 0 Å². The molecule has 4 fully saturated rings. The average Bonchev–Trinajstić information content (AvgIpc) is 4.31. The van der Waals surface area contributed by atoms with Gasteiger partial charge in [0, 0.05) is 62.2 Å². The van der Waals surface area contributed by atoms with E-state index in [4.69, 9.17) is 29.9 Å². The lowest BCUT2D eigenvalue weighted by molar-refractivity contribution is 0.632. The minimum atomic E-state index is 0.588. The van der Waals surface area contributed by atoms with Crippen LogP contribution in [0.1, 0.15) is 189 Å². The number of aryl methyl sites for hydroxylation is 3. The Morgan fingerprint density at radius 3 is 1.71 bits per heavy atom. The normalized spacial score (nSPS) is 17.0. The summed E-state index contributed by atoms with van der Waals surface area (Å²) in [5.74, 6) is 6.79. The highest BCUT2D eigenvalue weighted by molar-refractivity contribution is 5.70. The zero-order valence-electron chi connectivity index (χ0n) is 39.2. The molecule has 0 atom stereocenters. The second kappa shape index (κ2) is 21.1. The maximum Gasteiger partial charge on any atom is 0.177 e. The van der Waals surface area contributed by atoms with Gasteiger partial charge < -0.3 is 23.7 Å². The number of H-pyrrole nitrogens is 2. The van der Waals surface area contributed by atoms with Crippen molar-refractivity contribution in [1.82, 2.24) is 63.5 Å². The lowest BCUT2D eigenvalue weighted by Crippen LogP contribution is -2.15. The van der Waals surface area contributed by atoms with E-state index in [0.717, 1.165) is 120 Å². The molecule has 15 nitrogen and oxygen atoms in total. The number of fused-ring (bicyclic) bond motifs is 3. The smallest absolute Gasteiger partial charge is 0.177 e. The Hall–Kier alpha value is -5.60. The van der Waals surface area contributed by atoms with Crippen LogP contribution in [-0.4, -0.2) is 70.1 Å². The van der Waals surface area contributed by atoms with Crippen LogP contribution in [0.4, 0.5) is 0 Å². The van der Waals surface area contributed by atoms with Gasteiger partial charge in [0.05, 0.1) is 31.2 Å². The number of imidazole rings is 3. The summed E-state index contributed by atoms with van der Waals surface area (Å²) in [6.45, 7) is 13.1. The number of nitrogens with one attached hydrogen (secondary N) is 2. The van der Waals surface area contributed by atoms with Crippen molar-refractivity contribution in [3.8, 4) is 11.5 Å². The van der Waals surface area contributed by atoms with Crippen molar-refractivity contribution in [3.05, 3.63) is 83.2 Å². The summed E-state index contributed by atoms with van der Waals surface area (Å²) in [6, 6.07) is 3.95. The van der Waals surface area contributed by atoms with E-state index in [-0.39, 0.29) is 0 Å². The first-order chi connectivity index (χ1) is 32.0. The highest BCUT2D eigenvalue weighted by atomic mass is 15.2. The van der Waals surface area contributed by atoms with Crippen LogP contribution in [0.2, 0.25) is 0 Å². The van der Waals surface area contributed by atoms with E-state index in [2.05, 4.69) is 71.3 Å². The van der Waals surface area contributed by atoms with Crippen molar-refractivity contribution in [3.63, 3.8) is 0 Å². The Labute approximate surface area is 382 Å². The van der Waals surface area contributed by atoms with Crippen LogP contribution < -0.4 is 11.0 Å². The fourth-order valence-electron chi connectivity index (χ4n) is 8.90. The van der Waals surface area contributed by atoms with Gasteiger partial charge in [-0.2, -0.15) is 0 Å². The van der Waals surface area contributed by atoms with Crippen molar-refractivity contribution in [2.24, 2.45) is 9.98 Å². The maximum atomic E-state index is 4.87. The summed E-state index contributed by atoms with van der Waals surface area (Å²) < 4.78 is 6.45. The van der Waals surface area contributed by atoms with E-state index in [1.165, 1.54) is 89.2 Å². The highest BCUT2D eigenvalue weighted by Crippen LogP contribution is 2.43. The Morgan fingerprint density at radius 2 is 1.14 bits per heavy atom. The second-order valence-corrected chi connectivity index (χ2v) is 18.7. The summed E-state index contributed by atoms with van der Waals surface area (Å²) >= 11 is 0. The molecule has 0 aromatic carbocycles. The van der Waals surface area contributed by atoms with E-state index < -0.39 is 0 Å². The lowest BCUT2D eigenvalue weighted by atomic mass is 10.0. The van der Waals surface area contributed by atoms with Crippen LogP contribution >= 0.6 is 0 Å². The van der Waals surface area contributed by atoms with Gasteiger partial charge in [-0.05, 0) is 94.7 Å². The largest absolute Gasteiger partial charge is 0.337 e. The molecule has 0 saturated heterocycles. The number of nitrogens with zero attached hydrogens (tertiary/aromatic N) is 13. The van der Waals surface area contributed by atoms with Gasteiger partial charge in [0.15, 0.2) is 28.1 Å². The third kappa shape index (κ3) is 10.9. The minimum absolute atomic E-state index is 0.588. The molecule has 0 spiro atoms. The van der Waals surface area contributed by atoms with Crippen molar-refractivity contribution in [2.75, 3.05) is 6.54 Å². The van der Waals surface area contributed by atoms with Crippen molar-refractivity contribution in [1.29, 1.82) is 0 Å². The molecule has 5 aromatic heterocycles. The molecule has 0 unspecified atom stereocenters. The van der Waals surface area contributed by atoms with Gasteiger partial charge >= 0.3 is 0 Å². The molecule has 0 radical (unpaired) electrons. The topological polar surface area (TPSA) is 174 Å². The zero-order chi connectivity index (χ0) is 44.5. The third-order valence-corrected chi connectivity index (χ3v) is 13.0. The molecule has 0 bridgehead atoms. The average molecular weight is 880 g/mol. The Kier molecular flexibility index (Phi) is 14.5. The SMILES string of the molecule is CCCCCCN=c1ncn(CCC)c2nc(C3CC3)[nH]c12.CCCn1cnc(=NCc2ccncc2)c2[nH]c(C3CC3)nc21.CCCn1cnc(C2CCCC2)c2nc(C3CC3)nc1-2. The van der Waals surface area contributed by atoms with Crippen molar-refractivity contribution >= 4 is 22.3 Å². The molecule has 4 saturated carbocycles. The number of hydrogen-bond donors (Lipinski definition) is 2. The van der Waals surface area contributed by atoms with Gasteiger partial charge in [0.2, 0.25) is 0 Å². The van der Waals surface area contributed by atoms with E-state index in [1.54, 1.807) is 12.4 Å². The summed E-state index contributed by atoms with van der Waals surface area (Å²) in [7, 11) is 0. The molecule has 6 aliphatic rings. The monoisotopic (exact) mass is 880 g/mol. The third-order valence-electron chi connectivity index (χ3n) is 13.0. The fourth-order valence-corrected chi connectivity index (χ4v) is 8.90. The van der Waals surface area contributed by atoms with E-state index in [9.17, 15) is 0 Å². The van der Waals surface area contributed by atoms with Crippen LogP contribution in [0.3, 0.4) is 0 Å². The first kappa shape index (κ1) is 44.6. The number of aromatic nitrogens is 13. The Balaban J connectivity index is 0.000000123. The highest BCUT2D eigenvalue weighted by Gasteiger charge is 2.33. The summed E-state index contributed by atoms with van der Waals surface area (Å²) in [5.41, 5.74) is 8.97. The molecule has 15 heteroatoms. The molecule has 4 aliphatic carbocycles. The van der Waals surface area contributed by atoms with E-state index in [1.807, 2.05) is 31.1 Å². The van der Waals surface area contributed by atoms with Crippen LogP contribution in [-0.2, 0) is 26.2 Å². The first-order valence-corrected chi connectivity index (χ1v) is 25.1. The van der Waals surface area contributed by atoms with E-state index >= 15 is 0 Å². The van der Waals surface area contributed by atoms with Crippen LogP contribution in [0.5, 0.6) is 0 Å². The van der Waals surface area contributed by atoms with Gasteiger partial charge in [0.25, 0.3) is 0 Å². The molecule has 0 amide bonds. The predicted octanol–water partition coefficient (Wildman–Crippen LogP) is 9.79. The number of hydrogen-bond acceptors (Lipinski definition) is 10. The number of rotatable bonds is 17. The summed E-state index contributed by atoms with van der Waals surface area (Å²) in [4.78, 5) is 53.6. The summed E-state index contributed by atoms with van der Waals surface area (Å²) in [5, 5.41) is 0. The molecule has 7 heterocycles. The van der Waals surface area contributed by atoms with Gasteiger partial charge in [0.1, 0.15) is 34.2 Å². The molecular formula is C50H69N15. The molecule has 344 valence electrons. The van der Waals surface area contributed by atoms with Gasteiger partial charge in [-0.1, -0.05) is 59.8 Å². The first-order valence-electron chi connectivity index (χ1n) is 25.1. The predicted molar refractivity (Wildman–Crippen MR) is 254 cm³/mol. The van der Waals surface area contributed by atoms with E-state index in [0.29, 0.717) is 30.2 Å². The lowest BCUT2D eigenvalue weighted by Gasteiger charge is -2.15. The van der Waals surface area contributed by atoms with Gasteiger partial charge in [-0.3, -0.25) is 15.0 Å². The molecular weight excluding hydrogens is 811 g/mol. The van der Waals surface area contributed by atoms with Crippen molar-refractivity contribution in [2.45, 2.75) is 187 Å². The van der Waals surface area contributed by atoms with Crippen LogP contribution in [0.25, 0.3) is 33.8 Å². The Bertz CT molecular complexity index is 2720. The van der Waals surface area contributed by atoms with Crippen LogP contribution in [0, 0.1) is 0 Å². The standard InChI is InChI=1S/C17H20N6.C17H27N5.C16H22N4/c1-2-9-23-11-20-16(19-10-12-5-7-18-8-6-12)14-17(23)22-15(21-14)13-3-4-13;1-3-5-6-7-10-18-16-14-17(22(11-4-2)12-19-16)21-15(20-14)13-8-9-13;1-2-9-20-10-17-13(11-5-3-4-6-11)14-16(20)19-15(18-14)12-7-8-12/h5-8,11,13H,2-4,9-10H2,1H3,(H,21,22);12-13H,3-11H2,1-2H3,(H,20,21);10-12H,2-9H2,1H3. The summed E-state index contributed by atoms with van der Waals surface area (Å²) in [6.07, 6.45) is 30.2. The zero-order valence-corrected chi connectivity index (χ0v) is 39.2. The molecule has 5 aromatic rings.